The van der Waals surface area contributed by atoms with Crippen molar-refractivity contribution in [3.8, 4) is 11.1 Å². The maximum absolute atomic E-state index is 12.1. The Morgan fingerprint density at radius 1 is 0.767 bits per heavy atom. The number of aliphatic hydroxyl groups excluding tert-OH is 1. The number of ether oxygens (including phenoxy) is 1. The van der Waals surface area contributed by atoms with E-state index in [1.54, 1.807) is 0 Å². The molecule has 4 heteroatoms. The smallest absolute Gasteiger partial charge is 0.407 e. The second-order valence-electron chi connectivity index (χ2n) is 8.16. The monoisotopic (exact) mass is 409 g/mol. The van der Waals surface area contributed by atoms with Crippen LogP contribution in [0.2, 0.25) is 0 Å². The number of hydrogen-bond acceptors (Lipinski definition) is 3. The predicted molar refractivity (Wildman–Crippen MR) is 122 cm³/mol. The molecule has 0 aromatic heterocycles. The van der Waals surface area contributed by atoms with Gasteiger partial charge in [0.2, 0.25) is 0 Å². The molecule has 0 atom stereocenters. The number of aliphatic hydroxyl groups is 1. The third kappa shape index (κ3) is 6.33. The van der Waals surface area contributed by atoms with E-state index in [2.05, 4.69) is 41.7 Å². The van der Waals surface area contributed by atoms with Crippen molar-refractivity contribution in [3.63, 3.8) is 0 Å². The zero-order valence-corrected chi connectivity index (χ0v) is 17.9. The summed E-state index contributed by atoms with van der Waals surface area (Å²) in [6.07, 6.45) is 10.1. The van der Waals surface area contributed by atoms with Crippen LogP contribution in [0.1, 0.15) is 74.8 Å². The quantitative estimate of drug-likeness (QED) is 0.397. The minimum absolute atomic E-state index is 0.112. The Morgan fingerprint density at radius 3 is 1.83 bits per heavy atom. The molecule has 1 aliphatic carbocycles. The van der Waals surface area contributed by atoms with Gasteiger partial charge in [-0.3, -0.25) is 0 Å². The highest BCUT2D eigenvalue weighted by molar-refractivity contribution is 5.79. The third-order valence-corrected chi connectivity index (χ3v) is 5.95. The summed E-state index contributed by atoms with van der Waals surface area (Å²) in [5.41, 5.74) is 4.97. The number of carbonyl (C=O) groups is 1. The topological polar surface area (TPSA) is 58.6 Å². The average molecular weight is 410 g/mol. The van der Waals surface area contributed by atoms with E-state index in [9.17, 15) is 4.79 Å². The summed E-state index contributed by atoms with van der Waals surface area (Å²) in [4.78, 5) is 12.1. The van der Waals surface area contributed by atoms with E-state index < -0.39 is 0 Å². The summed E-state index contributed by atoms with van der Waals surface area (Å²) in [6, 6.07) is 16.8. The van der Waals surface area contributed by atoms with Gasteiger partial charge in [0.1, 0.15) is 6.61 Å². The van der Waals surface area contributed by atoms with Crippen LogP contribution in [0.5, 0.6) is 0 Å². The molecular weight excluding hydrogens is 374 g/mol. The van der Waals surface area contributed by atoms with Crippen molar-refractivity contribution >= 4 is 6.09 Å². The Bertz CT molecular complexity index is 744. The SMILES string of the molecule is O=C(NCCCCCCCCCCCO)OCC1c2ccccc2-c2ccccc21. The molecule has 0 saturated heterocycles. The molecule has 0 bridgehead atoms. The molecule has 1 amide bonds. The van der Waals surface area contributed by atoms with Gasteiger partial charge in [0, 0.05) is 19.1 Å². The van der Waals surface area contributed by atoms with Gasteiger partial charge in [-0.05, 0) is 35.1 Å². The van der Waals surface area contributed by atoms with Gasteiger partial charge in [-0.1, -0.05) is 93.5 Å². The highest BCUT2D eigenvalue weighted by Crippen LogP contribution is 2.44. The second-order valence-corrected chi connectivity index (χ2v) is 8.16. The molecule has 0 aliphatic heterocycles. The minimum atomic E-state index is -0.319. The third-order valence-electron chi connectivity index (χ3n) is 5.95. The molecule has 2 N–H and O–H groups in total. The molecule has 0 spiro atoms. The van der Waals surface area contributed by atoms with Crippen LogP contribution < -0.4 is 5.32 Å². The van der Waals surface area contributed by atoms with Crippen molar-refractivity contribution in [1.29, 1.82) is 0 Å². The van der Waals surface area contributed by atoms with Crippen molar-refractivity contribution in [3.05, 3.63) is 59.7 Å². The maximum atomic E-state index is 12.1. The summed E-state index contributed by atoms with van der Waals surface area (Å²) < 4.78 is 5.56. The lowest BCUT2D eigenvalue weighted by molar-refractivity contribution is 0.143. The molecule has 0 heterocycles. The molecule has 0 saturated carbocycles. The Morgan fingerprint density at radius 2 is 1.27 bits per heavy atom. The van der Waals surface area contributed by atoms with E-state index in [0.717, 1.165) is 25.7 Å². The van der Waals surface area contributed by atoms with Crippen molar-refractivity contribution in [2.45, 2.75) is 63.7 Å². The minimum Gasteiger partial charge on any atom is -0.449 e. The number of unbranched alkanes of at least 4 members (excludes halogenated alkanes) is 8. The number of benzene rings is 2. The lowest BCUT2D eigenvalue weighted by Gasteiger charge is -2.14. The largest absolute Gasteiger partial charge is 0.449 e. The zero-order chi connectivity index (χ0) is 21.0. The first-order valence-corrected chi connectivity index (χ1v) is 11.5. The summed E-state index contributed by atoms with van der Waals surface area (Å²) in [6.45, 7) is 1.36. The van der Waals surface area contributed by atoms with Crippen LogP contribution in [0, 0.1) is 0 Å². The Balaban J connectivity index is 1.30. The normalized spacial score (nSPS) is 12.4. The molecule has 30 heavy (non-hydrogen) atoms. The maximum Gasteiger partial charge on any atom is 0.407 e. The Hall–Kier alpha value is -2.33. The van der Waals surface area contributed by atoms with E-state index in [1.165, 1.54) is 54.4 Å². The number of amides is 1. The average Bonchev–Trinajstić information content (AvgIpc) is 3.10. The number of rotatable bonds is 13. The summed E-state index contributed by atoms with van der Waals surface area (Å²) in [5.74, 6) is 0.112. The molecule has 0 fully saturated rings. The fourth-order valence-electron chi connectivity index (χ4n) is 4.31. The van der Waals surface area contributed by atoms with Crippen LogP contribution in [0.4, 0.5) is 4.79 Å². The molecule has 1 aliphatic rings. The molecular formula is C26H35NO3. The van der Waals surface area contributed by atoms with E-state index in [0.29, 0.717) is 19.8 Å². The fourth-order valence-corrected chi connectivity index (χ4v) is 4.31. The van der Waals surface area contributed by atoms with E-state index in [-0.39, 0.29) is 12.0 Å². The number of hydrogen-bond donors (Lipinski definition) is 2. The molecule has 162 valence electrons. The molecule has 2 aromatic carbocycles. The lowest BCUT2D eigenvalue weighted by Crippen LogP contribution is -2.27. The van der Waals surface area contributed by atoms with Crippen LogP contribution in [0.25, 0.3) is 11.1 Å². The van der Waals surface area contributed by atoms with E-state index in [1.807, 2.05) is 12.1 Å². The number of carbonyl (C=O) groups excluding carboxylic acids is 1. The number of alkyl carbamates (subject to hydrolysis) is 1. The Kier molecular flexibility index (Phi) is 9.23. The van der Waals surface area contributed by atoms with Crippen LogP contribution in [0.3, 0.4) is 0 Å². The summed E-state index contributed by atoms with van der Waals surface area (Å²) in [5, 5.41) is 11.7. The van der Waals surface area contributed by atoms with Gasteiger partial charge in [-0.25, -0.2) is 4.79 Å². The number of fused-ring (bicyclic) bond motifs is 3. The summed E-state index contributed by atoms with van der Waals surface area (Å²) in [7, 11) is 0. The summed E-state index contributed by atoms with van der Waals surface area (Å²) >= 11 is 0. The van der Waals surface area contributed by atoms with Crippen LogP contribution in [-0.2, 0) is 4.74 Å². The van der Waals surface area contributed by atoms with Gasteiger partial charge in [0.15, 0.2) is 0 Å². The predicted octanol–water partition coefficient (Wildman–Crippen LogP) is 6.03. The number of nitrogens with one attached hydrogen (secondary N) is 1. The molecule has 4 nitrogen and oxygen atoms in total. The molecule has 0 unspecified atom stereocenters. The van der Waals surface area contributed by atoms with Gasteiger partial charge < -0.3 is 15.2 Å². The first-order valence-electron chi connectivity index (χ1n) is 11.5. The Labute approximate surface area is 180 Å². The van der Waals surface area contributed by atoms with Crippen molar-refractivity contribution in [1.82, 2.24) is 5.32 Å². The lowest BCUT2D eigenvalue weighted by atomic mass is 9.98. The second kappa shape index (κ2) is 12.4. The van der Waals surface area contributed by atoms with Gasteiger partial charge in [0.05, 0.1) is 0 Å². The van der Waals surface area contributed by atoms with Crippen LogP contribution in [0.15, 0.2) is 48.5 Å². The van der Waals surface area contributed by atoms with Crippen molar-refractivity contribution in [2.24, 2.45) is 0 Å². The molecule has 3 rings (SSSR count). The van der Waals surface area contributed by atoms with Crippen molar-refractivity contribution < 1.29 is 14.6 Å². The van der Waals surface area contributed by atoms with E-state index in [4.69, 9.17) is 9.84 Å². The van der Waals surface area contributed by atoms with Gasteiger partial charge >= 0.3 is 6.09 Å². The first kappa shape index (κ1) is 22.4. The van der Waals surface area contributed by atoms with Gasteiger partial charge in [0.25, 0.3) is 0 Å². The zero-order valence-electron chi connectivity index (χ0n) is 17.9. The highest BCUT2D eigenvalue weighted by Gasteiger charge is 2.28. The first-order chi connectivity index (χ1) is 14.8. The standard InChI is InChI=1S/C26H35NO3/c28-19-13-7-5-3-1-2-4-6-12-18-27-26(29)30-20-25-23-16-10-8-14-21(23)22-15-9-11-17-24(22)25/h8-11,14-17,25,28H,1-7,12-13,18-20H2,(H,27,29). The highest BCUT2D eigenvalue weighted by atomic mass is 16.5. The van der Waals surface area contributed by atoms with Crippen LogP contribution in [-0.4, -0.2) is 31.0 Å². The van der Waals surface area contributed by atoms with Crippen molar-refractivity contribution in [2.75, 3.05) is 19.8 Å². The molecule has 0 radical (unpaired) electrons. The molecule has 2 aromatic rings. The van der Waals surface area contributed by atoms with Gasteiger partial charge in [-0.2, -0.15) is 0 Å². The van der Waals surface area contributed by atoms with E-state index >= 15 is 0 Å². The van der Waals surface area contributed by atoms with Crippen LogP contribution >= 0.6 is 0 Å². The van der Waals surface area contributed by atoms with Gasteiger partial charge in [-0.15, -0.1) is 0 Å². The fraction of sp³-hybridized carbons (Fsp3) is 0.500.